The summed E-state index contributed by atoms with van der Waals surface area (Å²) in [4.78, 5) is 28.7. The van der Waals surface area contributed by atoms with E-state index in [0.717, 1.165) is 24.8 Å². The maximum atomic E-state index is 10.8. The van der Waals surface area contributed by atoms with Crippen LogP contribution in [0.5, 0.6) is 5.75 Å². The minimum absolute atomic E-state index is 0.323. The number of aryl methyl sites for hydroxylation is 1. The van der Waals surface area contributed by atoms with Crippen LogP contribution in [0.1, 0.15) is 96.0 Å². The van der Waals surface area contributed by atoms with E-state index in [2.05, 4.69) is 16.9 Å². The number of methoxy groups -OCH3 is 1. The standard InChI is InChI=1S/C24H36N2O3/c1-3-4-5-6-7-8-9-10-11-12-13-14-15-16-21-17-18-22(25-19-27)24(29-2)23(21)26-20-28/h17-18H,3-16H2,1-2H3. The molecule has 0 fully saturated rings. The van der Waals surface area contributed by atoms with Gasteiger partial charge in [0, 0.05) is 0 Å². The van der Waals surface area contributed by atoms with Crippen LogP contribution in [-0.2, 0) is 16.0 Å². The SMILES string of the molecule is CCCCCCCCCCCCCCCc1ccc(N=C=O)c(OC)c1N=C=O. The number of rotatable bonds is 17. The second-order valence-corrected chi connectivity index (χ2v) is 7.52. The molecule has 0 aliphatic rings. The van der Waals surface area contributed by atoms with Crippen molar-refractivity contribution in [1.82, 2.24) is 0 Å². The Kier molecular flexibility index (Phi) is 14.3. The van der Waals surface area contributed by atoms with Crippen LogP contribution in [0.25, 0.3) is 0 Å². The molecule has 29 heavy (non-hydrogen) atoms. The molecular formula is C24H36N2O3. The summed E-state index contributed by atoms with van der Waals surface area (Å²) in [5, 5.41) is 0. The lowest BCUT2D eigenvalue weighted by molar-refractivity contribution is 0.417. The van der Waals surface area contributed by atoms with E-state index in [0.29, 0.717) is 17.1 Å². The number of hydrogen-bond acceptors (Lipinski definition) is 5. The van der Waals surface area contributed by atoms with Gasteiger partial charge in [-0.2, -0.15) is 9.98 Å². The van der Waals surface area contributed by atoms with Gasteiger partial charge in [-0.25, -0.2) is 9.59 Å². The summed E-state index contributed by atoms with van der Waals surface area (Å²) in [6, 6.07) is 3.54. The normalized spacial score (nSPS) is 10.3. The third-order valence-electron chi connectivity index (χ3n) is 5.27. The molecule has 1 aromatic carbocycles. The fourth-order valence-corrected chi connectivity index (χ4v) is 3.64. The monoisotopic (exact) mass is 400 g/mol. The Bertz CT molecular complexity index is 675. The van der Waals surface area contributed by atoms with Crippen LogP contribution in [0, 0.1) is 0 Å². The van der Waals surface area contributed by atoms with Crippen LogP contribution < -0.4 is 4.74 Å². The maximum Gasteiger partial charge on any atom is 0.240 e. The Balaban J connectivity index is 2.28. The highest BCUT2D eigenvalue weighted by atomic mass is 16.5. The van der Waals surface area contributed by atoms with Crippen molar-refractivity contribution in [2.24, 2.45) is 9.98 Å². The lowest BCUT2D eigenvalue weighted by Crippen LogP contribution is -1.92. The number of unbranched alkanes of at least 4 members (excludes halogenated alkanes) is 12. The lowest BCUT2D eigenvalue weighted by Gasteiger charge is -2.11. The zero-order chi connectivity index (χ0) is 21.2. The Hall–Kier alpha value is -2.22. The van der Waals surface area contributed by atoms with Gasteiger partial charge in [-0.3, -0.25) is 0 Å². The molecule has 0 atom stereocenters. The minimum atomic E-state index is 0.323. The van der Waals surface area contributed by atoms with Crippen molar-refractivity contribution in [3.63, 3.8) is 0 Å². The quantitative estimate of drug-likeness (QED) is 0.157. The van der Waals surface area contributed by atoms with Gasteiger partial charge >= 0.3 is 0 Å². The summed E-state index contributed by atoms with van der Waals surface area (Å²) in [6.45, 7) is 2.26. The van der Waals surface area contributed by atoms with Gasteiger partial charge < -0.3 is 4.74 Å². The van der Waals surface area contributed by atoms with Crippen molar-refractivity contribution in [2.75, 3.05) is 7.11 Å². The largest absolute Gasteiger partial charge is 0.492 e. The van der Waals surface area contributed by atoms with E-state index in [1.807, 2.05) is 6.07 Å². The minimum Gasteiger partial charge on any atom is -0.492 e. The number of isocyanates is 2. The van der Waals surface area contributed by atoms with E-state index in [-0.39, 0.29) is 0 Å². The number of aliphatic imine (C=N–C) groups is 2. The molecule has 0 spiro atoms. The van der Waals surface area contributed by atoms with Crippen LogP contribution >= 0.6 is 0 Å². The smallest absolute Gasteiger partial charge is 0.240 e. The van der Waals surface area contributed by atoms with E-state index in [9.17, 15) is 9.59 Å². The van der Waals surface area contributed by atoms with Crippen molar-refractivity contribution in [2.45, 2.75) is 96.8 Å². The lowest BCUT2D eigenvalue weighted by atomic mass is 10.0. The number of hydrogen-bond donors (Lipinski definition) is 0. The molecule has 0 saturated heterocycles. The third-order valence-corrected chi connectivity index (χ3v) is 5.27. The summed E-state index contributed by atoms with van der Waals surface area (Å²) in [5.74, 6) is 0.323. The number of carbonyl (C=O) groups excluding carboxylic acids is 2. The molecule has 0 saturated carbocycles. The van der Waals surface area contributed by atoms with Gasteiger partial charge in [-0.1, -0.05) is 90.0 Å². The van der Waals surface area contributed by atoms with Gasteiger partial charge in [-0.15, -0.1) is 0 Å². The molecule has 0 N–H and O–H groups in total. The summed E-state index contributed by atoms with van der Waals surface area (Å²) in [5.41, 5.74) is 1.65. The first-order chi connectivity index (χ1) is 14.3. The van der Waals surface area contributed by atoms with Crippen molar-refractivity contribution < 1.29 is 14.3 Å². The summed E-state index contributed by atoms with van der Waals surface area (Å²) in [7, 11) is 1.47. The topological polar surface area (TPSA) is 68.1 Å². The number of ether oxygens (including phenoxy) is 1. The van der Waals surface area contributed by atoms with Gasteiger partial charge in [0.2, 0.25) is 12.2 Å². The first-order valence-corrected chi connectivity index (χ1v) is 11.1. The van der Waals surface area contributed by atoms with E-state index in [1.165, 1.54) is 83.8 Å². The molecule has 0 radical (unpaired) electrons. The van der Waals surface area contributed by atoms with Crippen LogP contribution in [0.15, 0.2) is 22.1 Å². The van der Waals surface area contributed by atoms with Crippen molar-refractivity contribution in [3.05, 3.63) is 17.7 Å². The molecule has 160 valence electrons. The third kappa shape index (κ3) is 10.2. The Morgan fingerprint density at radius 2 is 1.28 bits per heavy atom. The van der Waals surface area contributed by atoms with E-state index >= 15 is 0 Å². The highest BCUT2D eigenvalue weighted by molar-refractivity contribution is 5.73. The first kappa shape index (κ1) is 24.8. The van der Waals surface area contributed by atoms with Gasteiger partial charge in [0.15, 0.2) is 5.75 Å². The molecule has 1 aromatic rings. The van der Waals surface area contributed by atoms with Crippen LogP contribution in [0.3, 0.4) is 0 Å². The Morgan fingerprint density at radius 1 is 0.759 bits per heavy atom. The summed E-state index contributed by atoms with van der Waals surface area (Å²) in [6.07, 6.45) is 20.9. The molecule has 0 bridgehead atoms. The second-order valence-electron chi connectivity index (χ2n) is 7.52. The summed E-state index contributed by atoms with van der Waals surface area (Å²) >= 11 is 0. The molecule has 5 nitrogen and oxygen atoms in total. The zero-order valence-corrected chi connectivity index (χ0v) is 18.2. The van der Waals surface area contributed by atoms with E-state index in [1.54, 1.807) is 12.1 Å². The molecule has 1 rings (SSSR count). The predicted octanol–water partition coefficient (Wildman–Crippen LogP) is 7.26. The molecule has 0 aliphatic heterocycles. The van der Waals surface area contributed by atoms with Gasteiger partial charge in [0.25, 0.3) is 0 Å². The van der Waals surface area contributed by atoms with Crippen molar-refractivity contribution in [3.8, 4) is 5.75 Å². The summed E-state index contributed by atoms with van der Waals surface area (Å²) < 4.78 is 5.30. The van der Waals surface area contributed by atoms with E-state index < -0.39 is 0 Å². The highest BCUT2D eigenvalue weighted by Gasteiger charge is 2.13. The molecule has 5 heteroatoms. The van der Waals surface area contributed by atoms with Crippen LogP contribution in [0.2, 0.25) is 0 Å². The fraction of sp³-hybridized carbons (Fsp3) is 0.667. The Labute approximate surface area is 175 Å². The van der Waals surface area contributed by atoms with Crippen molar-refractivity contribution in [1.29, 1.82) is 0 Å². The van der Waals surface area contributed by atoms with Gasteiger partial charge in [-0.05, 0) is 24.5 Å². The van der Waals surface area contributed by atoms with E-state index in [4.69, 9.17) is 4.74 Å². The van der Waals surface area contributed by atoms with Gasteiger partial charge in [0.05, 0.1) is 7.11 Å². The molecule has 0 amide bonds. The second kappa shape index (κ2) is 16.7. The number of nitrogens with zero attached hydrogens (tertiary/aromatic N) is 2. The first-order valence-electron chi connectivity index (χ1n) is 11.1. The molecular weight excluding hydrogens is 364 g/mol. The molecule has 0 aliphatic carbocycles. The average molecular weight is 401 g/mol. The molecule has 0 unspecified atom stereocenters. The van der Waals surface area contributed by atoms with Crippen molar-refractivity contribution >= 4 is 23.5 Å². The Morgan fingerprint density at radius 3 is 1.76 bits per heavy atom. The van der Waals surface area contributed by atoms with Crippen LogP contribution in [-0.4, -0.2) is 19.3 Å². The molecule has 0 aromatic heterocycles. The highest BCUT2D eigenvalue weighted by Crippen LogP contribution is 2.40. The zero-order valence-electron chi connectivity index (χ0n) is 18.2. The molecule has 0 heterocycles. The fourth-order valence-electron chi connectivity index (χ4n) is 3.64. The average Bonchev–Trinajstić information content (AvgIpc) is 2.73. The maximum absolute atomic E-state index is 10.8. The van der Waals surface area contributed by atoms with Crippen LogP contribution in [0.4, 0.5) is 11.4 Å². The predicted molar refractivity (Wildman–Crippen MR) is 118 cm³/mol. The van der Waals surface area contributed by atoms with Gasteiger partial charge in [0.1, 0.15) is 11.4 Å². The number of benzene rings is 1.